The van der Waals surface area contributed by atoms with Gasteiger partial charge < -0.3 is 0 Å². The molecule has 0 fully saturated rings. The van der Waals surface area contributed by atoms with Gasteiger partial charge in [-0.15, -0.1) is 0 Å². The summed E-state index contributed by atoms with van der Waals surface area (Å²) < 4.78 is 0. The number of hydrogen-bond acceptors (Lipinski definition) is 0. The molecule has 0 nitrogen and oxygen atoms in total. The van der Waals surface area contributed by atoms with Crippen molar-refractivity contribution in [1.29, 1.82) is 0 Å². The Morgan fingerprint density at radius 1 is 0.531 bits per heavy atom. The third-order valence-electron chi connectivity index (χ3n) is 7.38. The zero-order valence-electron chi connectivity index (χ0n) is 22.3. The summed E-state index contributed by atoms with van der Waals surface area (Å²) in [5.74, 6) is 0. The molecule has 0 aliphatic rings. The largest absolute Gasteiger partial charge is 0.174 e. The SMILES string of the molecule is [CH2-][P+](c1ccccc1P(c1ccccc1[P+]([CH2-])(C(C)C)C(C)C)C(C)C)(C(C)C)C(C)C. The van der Waals surface area contributed by atoms with Gasteiger partial charge in [0.2, 0.25) is 0 Å². The summed E-state index contributed by atoms with van der Waals surface area (Å²) in [6, 6.07) is 18.7. The Morgan fingerprint density at radius 3 is 1.06 bits per heavy atom. The van der Waals surface area contributed by atoms with E-state index in [1.165, 1.54) is 0 Å². The monoisotopic (exact) mass is 488 g/mol. The highest BCUT2D eigenvalue weighted by atomic mass is 31.2. The number of rotatable bonds is 9. The predicted octanol–water partition coefficient (Wildman–Crippen LogP) is 8.03. The lowest BCUT2D eigenvalue weighted by Gasteiger charge is -2.43. The van der Waals surface area contributed by atoms with Crippen LogP contribution in [0, 0.1) is 13.3 Å². The van der Waals surface area contributed by atoms with E-state index < -0.39 is 22.4 Å². The first kappa shape index (κ1) is 28.0. The Labute approximate surface area is 202 Å². The highest BCUT2D eigenvalue weighted by Gasteiger charge is 2.42. The maximum atomic E-state index is 4.98. The van der Waals surface area contributed by atoms with Crippen LogP contribution < -0.4 is 21.2 Å². The number of benzene rings is 2. The lowest BCUT2D eigenvalue weighted by molar-refractivity contribution is 1.00. The van der Waals surface area contributed by atoms with Gasteiger partial charge >= 0.3 is 0 Å². The molecule has 0 atom stereocenters. The van der Waals surface area contributed by atoms with Crippen LogP contribution in [-0.4, -0.2) is 28.3 Å². The zero-order chi connectivity index (χ0) is 24.4. The fourth-order valence-corrected chi connectivity index (χ4v) is 15.6. The first-order chi connectivity index (χ1) is 14.8. The molecule has 0 spiro atoms. The third-order valence-corrected chi connectivity index (χ3v) is 20.5. The Kier molecular flexibility index (Phi) is 9.60. The molecule has 32 heavy (non-hydrogen) atoms. The molecule has 0 aliphatic carbocycles. The molecule has 2 aromatic rings. The van der Waals surface area contributed by atoms with Crippen LogP contribution in [0.25, 0.3) is 0 Å². The van der Waals surface area contributed by atoms with Crippen molar-refractivity contribution in [3.05, 3.63) is 61.9 Å². The van der Waals surface area contributed by atoms with Crippen molar-refractivity contribution < 1.29 is 0 Å². The van der Waals surface area contributed by atoms with E-state index in [4.69, 9.17) is 13.3 Å². The van der Waals surface area contributed by atoms with Gasteiger partial charge in [-0.3, -0.25) is 0 Å². The fraction of sp³-hybridized carbons (Fsp3) is 0.517. The highest BCUT2D eigenvalue weighted by Crippen LogP contribution is 2.66. The summed E-state index contributed by atoms with van der Waals surface area (Å²) in [5, 5.41) is 6.24. The van der Waals surface area contributed by atoms with Crippen LogP contribution in [0.15, 0.2) is 48.5 Å². The highest BCUT2D eigenvalue weighted by molar-refractivity contribution is 7.89. The molecule has 0 aliphatic heterocycles. The lowest BCUT2D eigenvalue weighted by Crippen LogP contribution is -2.40. The van der Waals surface area contributed by atoms with Crippen molar-refractivity contribution in [1.82, 2.24) is 0 Å². The molecule has 0 bridgehead atoms. The minimum absolute atomic E-state index is 0.504. The van der Waals surface area contributed by atoms with Crippen LogP contribution in [0.5, 0.6) is 0 Å². The predicted molar refractivity (Wildman–Crippen MR) is 159 cm³/mol. The Balaban J connectivity index is 2.87. The van der Waals surface area contributed by atoms with Gasteiger partial charge in [0.05, 0.1) is 10.6 Å². The van der Waals surface area contributed by atoms with Crippen LogP contribution in [0.2, 0.25) is 0 Å². The quantitative estimate of drug-likeness (QED) is 0.248. The molecule has 0 saturated heterocycles. The van der Waals surface area contributed by atoms with Gasteiger partial charge in [0.15, 0.2) is 0 Å². The average molecular weight is 489 g/mol. The van der Waals surface area contributed by atoms with Gasteiger partial charge in [-0.2, -0.15) is 13.3 Å². The molecule has 0 unspecified atom stereocenters. The normalized spacial score (nSPS) is 13.4. The van der Waals surface area contributed by atoms with Crippen LogP contribution in [0.4, 0.5) is 0 Å². The maximum absolute atomic E-state index is 4.98. The molecule has 0 N–H and O–H groups in total. The van der Waals surface area contributed by atoms with Gasteiger partial charge in [-0.05, 0) is 81.1 Å². The molecule has 0 aromatic heterocycles. The number of hydrogen-bond donors (Lipinski definition) is 0. The summed E-state index contributed by atoms with van der Waals surface area (Å²) in [4.78, 5) is 0. The van der Waals surface area contributed by atoms with E-state index in [0.717, 1.165) is 0 Å². The van der Waals surface area contributed by atoms with E-state index in [1.807, 2.05) is 0 Å². The molecular weight excluding hydrogens is 441 g/mol. The molecule has 0 amide bonds. The van der Waals surface area contributed by atoms with Gasteiger partial charge in [0.25, 0.3) is 0 Å². The van der Waals surface area contributed by atoms with Crippen LogP contribution in [0.3, 0.4) is 0 Å². The zero-order valence-corrected chi connectivity index (χ0v) is 24.9. The van der Waals surface area contributed by atoms with E-state index in [-0.39, 0.29) is 0 Å². The molecule has 0 heterocycles. The molecule has 3 heteroatoms. The van der Waals surface area contributed by atoms with E-state index in [1.54, 1.807) is 21.2 Å². The first-order valence-electron chi connectivity index (χ1n) is 12.2. The van der Waals surface area contributed by atoms with E-state index in [0.29, 0.717) is 28.3 Å². The lowest BCUT2D eigenvalue weighted by atomic mass is 10.3. The van der Waals surface area contributed by atoms with Crippen molar-refractivity contribution in [2.75, 3.05) is 0 Å². The van der Waals surface area contributed by atoms with Crippen molar-refractivity contribution in [2.24, 2.45) is 0 Å². The smallest absolute Gasteiger partial charge is 0.0730 e. The van der Waals surface area contributed by atoms with Crippen LogP contribution >= 0.6 is 22.4 Å². The van der Waals surface area contributed by atoms with Gasteiger partial charge in [0, 0.05) is 33.2 Å². The fourth-order valence-electron chi connectivity index (χ4n) is 5.03. The minimum Gasteiger partial charge on any atom is -0.174 e. The van der Waals surface area contributed by atoms with Crippen LogP contribution in [0.1, 0.15) is 69.2 Å². The second kappa shape index (κ2) is 11.0. The second-order valence-electron chi connectivity index (χ2n) is 10.7. The summed E-state index contributed by atoms with van der Waals surface area (Å²) in [6.45, 7) is 33.8. The maximum Gasteiger partial charge on any atom is 0.0730 e. The summed E-state index contributed by atoms with van der Waals surface area (Å²) in [5.41, 5.74) is 2.87. The van der Waals surface area contributed by atoms with E-state index in [2.05, 4.69) is 118 Å². The van der Waals surface area contributed by atoms with Crippen molar-refractivity contribution in [3.8, 4) is 0 Å². The molecule has 0 radical (unpaired) electrons. The Hall–Kier alpha value is -0.270. The third kappa shape index (κ3) is 5.05. The molecule has 0 saturated carbocycles. The van der Waals surface area contributed by atoms with Crippen molar-refractivity contribution in [2.45, 2.75) is 97.5 Å². The van der Waals surface area contributed by atoms with Crippen LogP contribution in [-0.2, 0) is 0 Å². The molecule has 178 valence electrons. The van der Waals surface area contributed by atoms with Crippen molar-refractivity contribution in [3.63, 3.8) is 0 Å². The summed E-state index contributed by atoms with van der Waals surface area (Å²) >= 11 is 0. The topological polar surface area (TPSA) is 0 Å². The van der Waals surface area contributed by atoms with Gasteiger partial charge in [-0.1, -0.05) is 64.8 Å². The minimum atomic E-state index is -1.55. The Morgan fingerprint density at radius 2 is 0.812 bits per heavy atom. The van der Waals surface area contributed by atoms with E-state index >= 15 is 0 Å². The summed E-state index contributed by atoms with van der Waals surface area (Å²) in [6.07, 6.45) is 0. The van der Waals surface area contributed by atoms with Gasteiger partial charge in [-0.25, -0.2) is 0 Å². The summed E-state index contributed by atoms with van der Waals surface area (Å²) in [7, 11) is -3.61. The Bertz CT molecular complexity index is 794. The second-order valence-corrected chi connectivity index (χ2v) is 22.2. The standard InChI is InChI=1S/C29H47P3/c1-21(2)30(26-17-13-15-19-28(26)31(11,22(3)4)23(5)6)27-18-14-16-20-29(27)32(12,24(7)8)25(9)10/h13-25H,11-12H2,1-10H3. The average Bonchev–Trinajstić information content (AvgIpc) is 2.72. The van der Waals surface area contributed by atoms with Crippen molar-refractivity contribution >= 4 is 43.7 Å². The molecular formula is C29H47P3. The van der Waals surface area contributed by atoms with E-state index in [9.17, 15) is 0 Å². The van der Waals surface area contributed by atoms with Gasteiger partial charge in [0.1, 0.15) is 0 Å². The first-order valence-corrected chi connectivity index (χ1v) is 17.9. The molecule has 2 aromatic carbocycles. The molecule has 2 rings (SSSR count).